The fourth-order valence-electron chi connectivity index (χ4n) is 1.87. The molecule has 2 rings (SSSR count). The average Bonchev–Trinajstić information content (AvgIpc) is 2.60. The number of hydrogen-bond donors (Lipinski definition) is 3. The van der Waals surface area contributed by atoms with Crippen molar-refractivity contribution < 1.29 is 14.6 Å². The minimum absolute atomic E-state index is 0.0361. The maximum atomic E-state index is 12.2. The number of pyridine rings is 1. The zero-order valence-electron chi connectivity index (χ0n) is 13.1. The van der Waals surface area contributed by atoms with Crippen molar-refractivity contribution >= 4 is 52.1 Å². The SMILES string of the molecule is COc1ccc(/C(C)=N/NC(=O)c2nc(Cl)c(Cl)c(N)c2Cl)c(O)c1. The van der Waals surface area contributed by atoms with E-state index in [2.05, 4.69) is 15.5 Å². The quantitative estimate of drug-likeness (QED) is 0.411. The number of halogens is 3. The van der Waals surface area contributed by atoms with Crippen molar-refractivity contribution in [1.29, 1.82) is 0 Å². The van der Waals surface area contributed by atoms with Crippen molar-refractivity contribution in [3.8, 4) is 11.5 Å². The molecular weight excluding hydrogens is 391 g/mol. The lowest BCUT2D eigenvalue weighted by Crippen LogP contribution is -2.21. The number of amides is 1. The van der Waals surface area contributed by atoms with Gasteiger partial charge in [0, 0.05) is 11.6 Å². The molecule has 25 heavy (non-hydrogen) atoms. The van der Waals surface area contributed by atoms with Gasteiger partial charge in [-0.25, -0.2) is 10.4 Å². The third-order valence-corrected chi connectivity index (χ3v) is 4.34. The van der Waals surface area contributed by atoms with Gasteiger partial charge in [0.15, 0.2) is 10.8 Å². The summed E-state index contributed by atoms with van der Waals surface area (Å²) in [6.45, 7) is 1.60. The summed E-state index contributed by atoms with van der Waals surface area (Å²) < 4.78 is 5.00. The molecule has 1 amide bonds. The average molecular weight is 404 g/mol. The number of anilines is 1. The number of methoxy groups -OCH3 is 1. The van der Waals surface area contributed by atoms with Crippen LogP contribution in [0.3, 0.4) is 0 Å². The van der Waals surface area contributed by atoms with Crippen molar-refractivity contribution in [2.45, 2.75) is 6.92 Å². The Bertz CT molecular complexity index is 872. The van der Waals surface area contributed by atoms with E-state index < -0.39 is 5.91 Å². The van der Waals surface area contributed by atoms with Gasteiger partial charge in [-0.3, -0.25) is 4.79 Å². The first-order chi connectivity index (χ1) is 11.8. The molecule has 0 radical (unpaired) electrons. The van der Waals surface area contributed by atoms with Crippen LogP contribution in [-0.2, 0) is 0 Å². The van der Waals surface area contributed by atoms with E-state index >= 15 is 0 Å². The van der Waals surface area contributed by atoms with Crippen molar-refractivity contribution in [1.82, 2.24) is 10.4 Å². The minimum atomic E-state index is -0.734. The Morgan fingerprint density at radius 1 is 1.32 bits per heavy atom. The second-order valence-corrected chi connectivity index (χ2v) is 5.93. The molecule has 4 N–H and O–H groups in total. The maximum absolute atomic E-state index is 12.2. The third kappa shape index (κ3) is 4.07. The number of hydrazone groups is 1. The van der Waals surface area contributed by atoms with Crippen molar-refractivity contribution in [2.75, 3.05) is 12.8 Å². The van der Waals surface area contributed by atoms with Crippen LogP contribution in [0.15, 0.2) is 23.3 Å². The fraction of sp³-hybridized carbons (Fsp3) is 0.133. The summed E-state index contributed by atoms with van der Waals surface area (Å²) >= 11 is 17.6. The highest BCUT2D eigenvalue weighted by atomic mass is 35.5. The fourth-order valence-corrected chi connectivity index (χ4v) is 2.47. The first-order valence-electron chi connectivity index (χ1n) is 6.78. The molecule has 0 aliphatic heterocycles. The lowest BCUT2D eigenvalue weighted by atomic mass is 10.1. The van der Waals surface area contributed by atoms with Gasteiger partial charge in [0.2, 0.25) is 0 Å². The summed E-state index contributed by atoms with van der Waals surface area (Å²) in [5, 5.41) is 13.6. The van der Waals surface area contributed by atoms with E-state index in [-0.39, 0.29) is 32.3 Å². The predicted molar refractivity (Wildman–Crippen MR) is 98.0 cm³/mol. The van der Waals surface area contributed by atoms with Crippen LogP contribution < -0.4 is 15.9 Å². The molecule has 0 spiro atoms. The topological polar surface area (TPSA) is 110 Å². The van der Waals surface area contributed by atoms with Crippen molar-refractivity contribution in [3.63, 3.8) is 0 Å². The number of nitrogens with two attached hydrogens (primary N) is 1. The van der Waals surface area contributed by atoms with E-state index in [0.717, 1.165) is 0 Å². The molecule has 7 nitrogen and oxygen atoms in total. The molecule has 1 heterocycles. The van der Waals surface area contributed by atoms with E-state index in [1.165, 1.54) is 13.2 Å². The maximum Gasteiger partial charge on any atom is 0.291 e. The van der Waals surface area contributed by atoms with Gasteiger partial charge in [-0.15, -0.1) is 0 Å². The predicted octanol–water partition coefficient (Wildman–Crippen LogP) is 3.49. The van der Waals surface area contributed by atoms with Gasteiger partial charge < -0.3 is 15.6 Å². The number of aromatic hydroxyl groups is 1. The Kier molecular flexibility index (Phi) is 5.94. The van der Waals surface area contributed by atoms with E-state index in [0.29, 0.717) is 17.0 Å². The molecule has 1 aromatic heterocycles. The molecule has 0 bridgehead atoms. The van der Waals surface area contributed by atoms with Crippen LogP contribution in [-0.4, -0.2) is 28.8 Å². The van der Waals surface area contributed by atoms with Crippen LogP contribution >= 0.6 is 34.8 Å². The largest absolute Gasteiger partial charge is 0.507 e. The van der Waals surface area contributed by atoms with E-state index in [1.54, 1.807) is 19.1 Å². The van der Waals surface area contributed by atoms with Gasteiger partial charge in [-0.05, 0) is 19.1 Å². The van der Waals surface area contributed by atoms with Crippen LogP contribution in [0.25, 0.3) is 0 Å². The molecule has 1 aromatic carbocycles. The smallest absolute Gasteiger partial charge is 0.291 e. The van der Waals surface area contributed by atoms with Gasteiger partial charge in [0.05, 0.1) is 23.5 Å². The number of aromatic nitrogens is 1. The molecule has 10 heteroatoms. The van der Waals surface area contributed by atoms with Gasteiger partial charge in [0.1, 0.15) is 16.5 Å². The summed E-state index contributed by atoms with van der Waals surface area (Å²) in [4.78, 5) is 16.0. The van der Waals surface area contributed by atoms with Crippen molar-refractivity contribution in [2.24, 2.45) is 5.10 Å². The number of carbonyl (C=O) groups excluding carboxylic acids is 1. The number of ether oxygens (including phenoxy) is 1. The number of phenols is 1. The highest BCUT2D eigenvalue weighted by Gasteiger charge is 2.19. The molecule has 0 unspecified atom stereocenters. The lowest BCUT2D eigenvalue weighted by molar-refractivity contribution is 0.0950. The highest BCUT2D eigenvalue weighted by Crippen LogP contribution is 2.34. The van der Waals surface area contributed by atoms with Crippen LogP contribution in [0.4, 0.5) is 5.69 Å². The zero-order valence-corrected chi connectivity index (χ0v) is 15.4. The molecule has 0 saturated carbocycles. The summed E-state index contributed by atoms with van der Waals surface area (Å²) in [6.07, 6.45) is 0. The van der Waals surface area contributed by atoms with Gasteiger partial charge >= 0.3 is 0 Å². The number of phenolic OH excluding ortho intramolecular Hbond substituents is 1. The van der Waals surface area contributed by atoms with E-state index in [1.807, 2.05) is 0 Å². The molecule has 0 fully saturated rings. The summed E-state index contributed by atoms with van der Waals surface area (Å²) in [6, 6.07) is 4.67. The molecule has 0 aliphatic carbocycles. The van der Waals surface area contributed by atoms with Crippen LogP contribution in [0, 0.1) is 0 Å². The molecule has 0 atom stereocenters. The number of nitrogen functional groups attached to an aromatic ring is 1. The van der Waals surface area contributed by atoms with Crippen LogP contribution in [0.1, 0.15) is 23.0 Å². The molecule has 0 saturated heterocycles. The Balaban J connectivity index is 2.26. The van der Waals surface area contributed by atoms with E-state index in [4.69, 9.17) is 45.3 Å². The van der Waals surface area contributed by atoms with Gasteiger partial charge in [-0.1, -0.05) is 34.8 Å². The first kappa shape index (κ1) is 19.1. The number of benzene rings is 1. The zero-order chi connectivity index (χ0) is 18.7. The summed E-state index contributed by atoms with van der Waals surface area (Å²) in [7, 11) is 1.48. The van der Waals surface area contributed by atoms with Crippen LogP contribution in [0.2, 0.25) is 15.2 Å². The Labute approximate surface area is 158 Å². The van der Waals surface area contributed by atoms with Crippen molar-refractivity contribution in [3.05, 3.63) is 44.7 Å². The normalized spacial score (nSPS) is 11.3. The molecular formula is C15H13Cl3N4O3. The number of nitrogens with one attached hydrogen (secondary N) is 1. The first-order valence-corrected chi connectivity index (χ1v) is 7.91. The molecule has 2 aromatic rings. The lowest BCUT2D eigenvalue weighted by Gasteiger charge is -2.09. The second-order valence-electron chi connectivity index (χ2n) is 4.81. The number of hydrogen-bond acceptors (Lipinski definition) is 6. The van der Waals surface area contributed by atoms with E-state index in [9.17, 15) is 9.90 Å². The standard InChI is InChI=1S/C15H13Cl3N4O3/c1-6(8-4-3-7(25-2)5-9(8)23)21-22-15(24)13-10(16)12(19)11(17)14(18)20-13/h3-5,23H,1-2H3,(H2,19,20)(H,22,24)/b21-6+. The Hall–Kier alpha value is -2.22. The summed E-state index contributed by atoms with van der Waals surface area (Å²) in [5.41, 5.74) is 8.42. The molecule has 0 aliphatic rings. The van der Waals surface area contributed by atoms with Gasteiger partial charge in [0.25, 0.3) is 5.91 Å². The monoisotopic (exact) mass is 402 g/mol. The Morgan fingerprint density at radius 3 is 2.60 bits per heavy atom. The highest BCUT2D eigenvalue weighted by molar-refractivity contribution is 6.46. The Morgan fingerprint density at radius 2 is 2.00 bits per heavy atom. The second kappa shape index (κ2) is 7.77. The van der Waals surface area contributed by atoms with Crippen LogP contribution in [0.5, 0.6) is 11.5 Å². The van der Waals surface area contributed by atoms with Gasteiger partial charge in [-0.2, -0.15) is 5.10 Å². The summed E-state index contributed by atoms with van der Waals surface area (Å²) in [5.74, 6) is -0.298. The number of rotatable bonds is 4. The number of nitrogens with zero attached hydrogens (tertiary/aromatic N) is 2. The number of carbonyl (C=O) groups is 1. The third-order valence-electron chi connectivity index (χ3n) is 3.21. The minimum Gasteiger partial charge on any atom is -0.507 e. The molecule has 132 valence electrons.